The van der Waals surface area contributed by atoms with Crippen molar-refractivity contribution in [1.29, 1.82) is 0 Å². The molecule has 3 heterocycles. The van der Waals surface area contributed by atoms with E-state index in [2.05, 4.69) is 15.4 Å². The Morgan fingerprint density at radius 1 is 1.43 bits per heavy atom. The van der Waals surface area contributed by atoms with Crippen LogP contribution >= 0.6 is 0 Å². The van der Waals surface area contributed by atoms with Gasteiger partial charge >= 0.3 is 5.97 Å². The molecule has 0 radical (unpaired) electrons. The molecule has 1 N–H and O–H groups in total. The first-order chi connectivity index (χ1) is 10.2. The largest absolute Gasteiger partial charge is 0.480 e. The van der Waals surface area contributed by atoms with Gasteiger partial charge in [-0.1, -0.05) is 5.21 Å². The Morgan fingerprint density at radius 3 is 3.10 bits per heavy atom. The first-order valence-corrected chi connectivity index (χ1v) is 6.93. The Balaban J connectivity index is 1.66. The molecule has 2 aromatic rings. The fourth-order valence-electron chi connectivity index (χ4n) is 2.46. The Hall–Kier alpha value is -2.22. The number of aromatic nitrogens is 5. The summed E-state index contributed by atoms with van der Waals surface area (Å²) in [5.41, 5.74) is 1.46. The van der Waals surface area contributed by atoms with E-state index in [9.17, 15) is 4.79 Å². The lowest BCUT2D eigenvalue weighted by molar-refractivity contribution is -0.137. The van der Waals surface area contributed by atoms with Gasteiger partial charge in [0.15, 0.2) is 0 Å². The molecule has 2 aromatic heterocycles. The summed E-state index contributed by atoms with van der Waals surface area (Å²) in [6, 6.07) is 0. The zero-order valence-corrected chi connectivity index (χ0v) is 11.6. The average molecular weight is 291 g/mol. The van der Waals surface area contributed by atoms with Gasteiger partial charge < -0.3 is 9.84 Å². The molecular formula is C13H17N5O3. The van der Waals surface area contributed by atoms with Crippen molar-refractivity contribution in [1.82, 2.24) is 24.8 Å². The van der Waals surface area contributed by atoms with Crippen molar-refractivity contribution in [3.63, 3.8) is 0 Å². The second kappa shape index (κ2) is 6.04. The van der Waals surface area contributed by atoms with Crippen LogP contribution in [-0.4, -0.2) is 49.1 Å². The SMILES string of the molecule is O=C(O)Cn1cc(-c2cn(CC3CCCOC3)nn2)cn1. The highest BCUT2D eigenvalue weighted by Crippen LogP contribution is 2.18. The van der Waals surface area contributed by atoms with E-state index < -0.39 is 5.97 Å². The third kappa shape index (κ3) is 3.46. The summed E-state index contributed by atoms with van der Waals surface area (Å²) in [4.78, 5) is 10.6. The molecule has 1 fully saturated rings. The molecule has 0 aromatic carbocycles. The van der Waals surface area contributed by atoms with Crippen LogP contribution in [0.25, 0.3) is 11.3 Å². The number of carboxylic acid groups (broad SMARTS) is 1. The molecule has 0 saturated carbocycles. The second-order valence-electron chi connectivity index (χ2n) is 5.23. The van der Waals surface area contributed by atoms with E-state index in [1.165, 1.54) is 4.68 Å². The summed E-state index contributed by atoms with van der Waals surface area (Å²) >= 11 is 0. The van der Waals surface area contributed by atoms with Gasteiger partial charge in [-0.3, -0.25) is 14.2 Å². The number of nitrogens with zero attached hydrogens (tertiary/aromatic N) is 5. The van der Waals surface area contributed by atoms with Gasteiger partial charge in [-0.2, -0.15) is 5.10 Å². The third-order valence-electron chi connectivity index (χ3n) is 3.46. The minimum atomic E-state index is -0.925. The maximum absolute atomic E-state index is 10.6. The van der Waals surface area contributed by atoms with Crippen LogP contribution in [-0.2, 0) is 22.6 Å². The van der Waals surface area contributed by atoms with Crippen LogP contribution in [0, 0.1) is 5.92 Å². The highest BCUT2D eigenvalue weighted by atomic mass is 16.5. The molecule has 0 spiro atoms. The van der Waals surface area contributed by atoms with E-state index in [0.29, 0.717) is 11.6 Å². The lowest BCUT2D eigenvalue weighted by atomic mass is 10.0. The molecule has 21 heavy (non-hydrogen) atoms. The fourth-order valence-corrected chi connectivity index (χ4v) is 2.46. The molecule has 1 unspecified atom stereocenters. The van der Waals surface area contributed by atoms with Gasteiger partial charge in [0.1, 0.15) is 12.2 Å². The lowest BCUT2D eigenvalue weighted by Gasteiger charge is -2.21. The van der Waals surface area contributed by atoms with Crippen molar-refractivity contribution >= 4 is 5.97 Å². The monoisotopic (exact) mass is 291 g/mol. The Kier molecular flexibility index (Phi) is 3.96. The van der Waals surface area contributed by atoms with Gasteiger partial charge in [0.2, 0.25) is 0 Å². The van der Waals surface area contributed by atoms with Crippen molar-refractivity contribution in [2.45, 2.75) is 25.9 Å². The highest BCUT2D eigenvalue weighted by molar-refractivity contribution is 5.66. The minimum absolute atomic E-state index is 0.159. The number of hydrogen-bond acceptors (Lipinski definition) is 5. The topological polar surface area (TPSA) is 95.1 Å². The van der Waals surface area contributed by atoms with E-state index in [1.54, 1.807) is 12.4 Å². The highest BCUT2D eigenvalue weighted by Gasteiger charge is 2.16. The van der Waals surface area contributed by atoms with E-state index in [4.69, 9.17) is 9.84 Å². The smallest absolute Gasteiger partial charge is 0.325 e. The molecule has 0 amide bonds. The second-order valence-corrected chi connectivity index (χ2v) is 5.23. The standard InChI is InChI=1S/C13H17N5O3/c19-13(20)8-17-6-11(4-14-17)12-7-18(16-15-12)5-10-2-1-3-21-9-10/h4,6-7,10H,1-3,5,8-9H2,(H,19,20). The summed E-state index contributed by atoms with van der Waals surface area (Å²) in [6.45, 7) is 2.25. The Bertz CT molecular complexity index is 615. The van der Waals surface area contributed by atoms with Gasteiger partial charge in [-0.05, 0) is 12.8 Å². The molecule has 1 aliphatic heterocycles. The normalized spacial score (nSPS) is 18.8. The van der Waals surface area contributed by atoms with Gasteiger partial charge in [-0.15, -0.1) is 5.10 Å². The van der Waals surface area contributed by atoms with Crippen molar-refractivity contribution in [3.05, 3.63) is 18.6 Å². The Labute approximate surface area is 121 Å². The van der Waals surface area contributed by atoms with Gasteiger partial charge in [0.05, 0.1) is 19.0 Å². The van der Waals surface area contributed by atoms with Crippen molar-refractivity contribution in [2.75, 3.05) is 13.2 Å². The average Bonchev–Trinajstić information content (AvgIpc) is 3.08. The van der Waals surface area contributed by atoms with E-state index in [-0.39, 0.29) is 6.54 Å². The van der Waals surface area contributed by atoms with E-state index >= 15 is 0 Å². The zero-order valence-electron chi connectivity index (χ0n) is 11.6. The first kappa shape index (κ1) is 13.7. The lowest BCUT2D eigenvalue weighted by Crippen LogP contribution is -2.22. The molecule has 8 heteroatoms. The Morgan fingerprint density at radius 2 is 2.33 bits per heavy atom. The number of aliphatic carboxylic acids is 1. The predicted molar refractivity (Wildman–Crippen MR) is 72.4 cm³/mol. The van der Waals surface area contributed by atoms with Gasteiger partial charge in [0, 0.05) is 30.8 Å². The predicted octanol–water partition coefficient (Wildman–Crippen LogP) is 0.653. The van der Waals surface area contributed by atoms with Crippen molar-refractivity contribution < 1.29 is 14.6 Å². The molecule has 1 aliphatic rings. The maximum atomic E-state index is 10.6. The summed E-state index contributed by atoms with van der Waals surface area (Å²) in [5.74, 6) is -0.450. The quantitative estimate of drug-likeness (QED) is 0.869. The third-order valence-corrected chi connectivity index (χ3v) is 3.46. The van der Waals surface area contributed by atoms with E-state index in [0.717, 1.165) is 38.2 Å². The molecule has 112 valence electrons. The van der Waals surface area contributed by atoms with Crippen LogP contribution in [0.2, 0.25) is 0 Å². The summed E-state index contributed by atoms with van der Waals surface area (Å²) in [7, 11) is 0. The van der Waals surface area contributed by atoms with Crippen LogP contribution < -0.4 is 0 Å². The van der Waals surface area contributed by atoms with Crippen LogP contribution in [0.4, 0.5) is 0 Å². The molecule has 8 nitrogen and oxygen atoms in total. The van der Waals surface area contributed by atoms with Crippen molar-refractivity contribution in [3.8, 4) is 11.3 Å². The summed E-state index contributed by atoms with van der Waals surface area (Å²) < 4.78 is 8.63. The van der Waals surface area contributed by atoms with Gasteiger partial charge in [-0.25, -0.2) is 0 Å². The van der Waals surface area contributed by atoms with Crippen LogP contribution in [0.5, 0.6) is 0 Å². The molecular weight excluding hydrogens is 274 g/mol. The number of hydrogen-bond donors (Lipinski definition) is 1. The minimum Gasteiger partial charge on any atom is -0.480 e. The van der Waals surface area contributed by atoms with Crippen molar-refractivity contribution in [2.24, 2.45) is 5.92 Å². The van der Waals surface area contributed by atoms with Crippen LogP contribution in [0.1, 0.15) is 12.8 Å². The summed E-state index contributed by atoms with van der Waals surface area (Å²) in [5, 5.41) is 21.0. The molecule has 3 rings (SSSR count). The van der Waals surface area contributed by atoms with Crippen LogP contribution in [0.15, 0.2) is 18.6 Å². The summed E-state index contributed by atoms with van der Waals surface area (Å²) in [6.07, 6.45) is 7.35. The van der Waals surface area contributed by atoms with Crippen LogP contribution in [0.3, 0.4) is 0 Å². The maximum Gasteiger partial charge on any atom is 0.325 e. The number of carboxylic acids is 1. The zero-order chi connectivity index (χ0) is 14.7. The number of carbonyl (C=O) groups is 1. The number of ether oxygens (including phenoxy) is 1. The molecule has 1 saturated heterocycles. The number of rotatable bonds is 5. The fraction of sp³-hybridized carbons (Fsp3) is 0.538. The first-order valence-electron chi connectivity index (χ1n) is 6.93. The molecule has 0 aliphatic carbocycles. The van der Waals surface area contributed by atoms with Gasteiger partial charge in [0.25, 0.3) is 0 Å². The molecule has 0 bridgehead atoms. The van der Waals surface area contributed by atoms with E-state index in [1.807, 2.05) is 10.9 Å². The molecule has 1 atom stereocenters.